The van der Waals surface area contributed by atoms with Gasteiger partial charge in [0.2, 0.25) is 5.91 Å². The molecule has 0 fully saturated rings. The van der Waals surface area contributed by atoms with Crippen molar-refractivity contribution in [1.29, 1.82) is 0 Å². The van der Waals surface area contributed by atoms with E-state index in [0.29, 0.717) is 11.8 Å². The number of likely N-dealkylation sites (N-methyl/N-ethyl adjacent to an activating group) is 1. The van der Waals surface area contributed by atoms with E-state index in [1.54, 1.807) is 24.2 Å². The molecule has 1 amide bonds. The number of nitrogens with zero attached hydrogens (tertiary/aromatic N) is 4. The number of fused-ring (bicyclic) bond motifs is 1. The minimum absolute atomic E-state index is 0.0379. The summed E-state index contributed by atoms with van der Waals surface area (Å²) in [6, 6.07) is 11.3. The summed E-state index contributed by atoms with van der Waals surface area (Å²) in [7, 11) is 1.75. The third-order valence-corrected chi connectivity index (χ3v) is 4.87. The van der Waals surface area contributed by atoms with Crippen molar-refractivity contribution in [2.24, 2.45) is 0 Å². The first kappa shape index (κ1) is 18.8. The first-order valence-corrected chi connectivity index (χ1v) is 9.00. The summed E-state index contributed by atoms with van der Waals surface area (Å²) in [5.41, 5.74) is 2.58. The Morgan fingerprint density at radius 1 is 1.19 bits per heavy atom. The number of aryl methyl sites for hydroxylation is 2. The van der Waals surface area contributed by atoms with Crippen molar-refractivity contribution in [1.82, 2.24) is 19.7 Å². The molecule has 27 heavy (non-hydrogen) atoms. The van der Waals surface area contributed by atoms with Crippen LogP contribution in [0.2, 0.25) is 0 Å². The molecule has 6 heteroatoms. The molecule has 2 heterocycles. The molecule has 3 aromatic rings. The normalized spacial score (nSPS) is 12.1. The van der Waals surface area contributed by atoms with E-state index in [1.807, 2.05) is 51.1 Å². The van der Waals surface area contributed by atoms with Gasteiger partial charge in [0.15, 0.2) is 0 Å². The SMILES string of the molecule is Cc1ccnc(C[C@H](C)N(C)C(=O)Cn2nc(C)c3ccccc3c2=O)c1. The van der Waals surface area contributed by atoms with Gasteiger partial charge in [0.1, 0.15) is 6.54 Å². The molecule has 0 N–H and O–H groups in total. The number of rotatable bonds is 5. The van der Waals surface area contributed by atoms with Gasteiger partial charge >= 0.3 is 0 Å². The van der Waals surface area contributed by atoms with Crippen LogP contribution < -0.4 is 5.56 Å². The fourth-order valence-electron chi connectivity index (χ4n) is 3.15. The van der Waals surface area contributed by atoms with Crippen molar-refractivity contribution in [2.75, 3.05) is 7.05 Å². The quantitative estimate of drug-likeness (QED) is 0.698. The van der Waals surface area contributed by atoms with Gasteiger partial charge in [-0.25, -0.2) is 4.68 Å². The third kappa shape index (κ3) is 4.05. The van der Waals surface area contributed by atoms with Crippen LogP contribution in [0.15, 0.2) is 47.4 Å². The summed E-state index contributed by atoms with van der Waals surface area (Å²) in [5.74, 6) is -0.153. The highest BCUT2D eigenvalue weighted by Crippen LogP contribution is 2.12. The number of carbonyl (C=O) groups excluding carboxylic acids is 1. The minimum atomic E-state index is -0.244. The number of benzene rings is 1. The molecule has 0 unspecified atom stereocenters. The van der Waals surface area contributed by atoms with E-state index in [-0.39, 0.29) is 24.1 Å². The van der Waals surface area contributed by atoms with Crippen LogP contribution in [0.4, 0.5) is 0 Å². The predicted octanol–water partition coefficient (Wildman–Crippen LogP) is 2.50. The van der Waals surface area contributed by atoms with E-state index in [4.69, 9.17) is 0 Å². The van der Waals surface area contributed by atoms with Crippen LogP contribution in [-0.2, 0) is 17.8 Å². The Hall–Kier alpha value is -3.02. The van der Waals surface area contributed by atoms with Crippen molar-refractivity contribution in [3.8, 4) is 0 Å². The predicted molar refractivity (Wildman–Crippen MR) is 106 cm³/mol. The zero-order chi connectivity index (χ0) is 19.6. The summed E-state index contributed by atoms with van der Waals surface area (Å²) in [4.78, 5) is 31.4. The molecule has 140 valence electrons. The number of carbonyl (C=O) groups is 1. The van der Waals surface area contributed by atoms with Gasteiger partial charge in [-0.05, 0) is 44.5 Å². The van der Waals surface area contributed by atoms with Crippen LogP contribution in [0.1, 0.15) is 23.9 Å². The molecule has 3 rings (SSSR count). The fraction of sp³-hybridized carbons (Fsp3) is 0.333. The highest BCUT2D eigenvalue weighted by atomic mass is 16.2. The van der Waals surface area contributed by atoms with Gasteiger partial charge in [-0.3, -0.25) is 14.6 Å². The Morgan fingerprint density at radius 2 is 1.89 bits per heavy atom. The smallest absolute Gasteiger partial charge is 0.275 e. The Morgan fingerprint density at radius 3 is 2.59 bits per heavy atom. The Bertz CT molecular complexity index is 1040. The molecule has 0 aliphatic carbocycles. The summed E-state index contributed by atoms with van der Waals surface area (Å²) < 4.78 is 1.26. The lowest BCUT2D eigenvalue weighted by molar-refractivity contribution is -0.132. The summed E-state index contributed by atoms with van der Waals surface area (Å²) in [6.45, 7) is 5.76. The highest BCUT2D eigenvalue weighted by molar-refractivity contribution is 5.83. The maximum absolute atomic E-state index is 12.7. The van der Waals surface area contributed by atoms with Gasteiger partial charge in [0.05, 0.1) is 11.1 Å². The molecule has 0 aliphatic rings. The van der Waals surface area contributed by atoms with Crippen LogP contribution >= 0.6 is 0 Å². The topological polar surface area (TPSA) is 68.1 Å². The van der Waals surface area contributed by atoms with E-state index in [2.05, 4.69) is 10.1 Å². The Labute approximate surface area is 158 Å². The number of amides is 1. The molecular formula is C21H24N4O2. The van der Waals surface area contributed by atoms with Crippen LogP contribution in [0.25, 0.3) is 10.8 Å². The molecule has 0 spiro atoms. The minimum Gasteiger partial charge on any atom is -0.341 e. The van der Waals surface area contributed by atoms with Crippen LogP contribution in [0.5, 0.6) is 0 Å². The zero-order valence-corrected chi connectivity index (χ0v) is 16.1. The van der Waals surface area contributed by atoms with E-state index in [0.717, 1.165) is 22.3 Å². The second-order valence-electron chi connectivity index (χ2n) is 6.98. The average molecular weight is 364 g/mol. The molecule has 2 aromatic heterocycles. The molecule has 1 atom stereocenters. The van der Waals surface area contributed by atoms with E-state index < -0.39 is 0 Å². The van der Waals surface area contributed by atoms with Gasteiger partial charge in [0, 0.05) is 36.8 Å². The lowest BCUT2D eigenvalue weighted by Crippen LogP contribution is -2.41. The first-order valence-electron chi connectivity index (χ1n) is 9.00. The molecule has 0 saturated carbocycles. The standard InChI is InChI=1S/C21H24N4O2/c1-14-9-10-22-17(11-14)12-15(2)24(4)20(26)13-25-21(27)19-8-6-5-7-18(19)16(3)23-25/h5-11,15H,12-13H2,1-4H3/t15-/m0/s1. The molecule has 0 radical (unpaired) electrons. The van der Waals surface area contributed by atoms with Gasteiger partial charge in [-0.2, -0.15) is 5.10 Å². The maximum atomic E-state index is 12.7. The van der Waals surface area contributed by atoms with Crippen molar-refractivity contribution in [3.05, 3.63) is 69.9 Å². The maximum Gasteiger partial charge on any atom is 0.275 e. The number of aromatic nitrogens is 3. The molecule has 0 aliphatic heterocycles. The second-order valence-corrected chi connectivity index (χ2v) is 6.98. The summed E-state index contributed by atoms with van der Waals surface area (Å²) in [5, 5.41) is 5.72. The molecular weight excluding hydrogens is 340 g/mol. The van der Waals surface area contributed by atoms with E-state index in [1.165, 1.54) is 4.68 Å². The monoisotopic (exact) mass is 364 g/mol. The number of hydrogen-bond donors (Lipinski definition) is 0. The second kappa shape index (κ2) is 7.70. The lowest BCUT2D eigenvalue weighted by Gasteiger charge is -2.25. The van der Waals surface area contributed by atoms with Crippen molar-refractivity contribution < 1.29 is 4.79 Å². The van der Waals surface area contributed by atoms with Crippen LogP contribution in [0.3, 0.4) is 0 Å². The lowest BCUT2D eigenvalue weighted by atomic mass is 10.1. The number of hydrogen-bond acceptors (Lipinski definition) is 4. The van der Waals surface area contributed by atoms with Crippen molar-refractivity contribution in [2.45, 2.75) is 39.8 Å². The third-order valence-electron chi connectivity index (χ3n) is 4.87. The van der Waals surface area contributed by atoms with Gasteiger partial charge in [-0.15, -0.1) is 0 Å². The molecule has 0 saturated heterocycles. The fourth-order valence-corrected chi connectivity index (χ4v) is 3.15. The largest absolute Gasteiger partial charge is 0.341 e. The Balaban J connectivity index is 1.77. The molecule has 0 bridgehead atoms. The highest BCUT2D eigenvalue weighted by Gasteiger charge is 2.19. The van der Waals surface area contributed by atoms with E-state index >= 15 is 0 Å². The average Bonchev–Trinajstić information content (AvgIpc) is 2.65. The zero-order valence-electron chi connectivity index (χ0n) is 16.1. The number of pyridine rings is 1. The summed E-state index contributed by atoms with van der Waals surface area (Å²) in [6.07, 6.45) is 2.43. The van der Waals surface area contributed by atoms with Crippen LogP contribution in [-0.4, -0.2) is 38.7 Å². The molecule has 1 aromatic carbocycles. The Kier molecular flexibility index (Phi) is 5.35. The van der Waals surface area contributed by atoms with Gasteiger partial charge in [0.25, 0.3) is 5.56 Å². The molecule has 6 nitrogen and oxygen atoms in total. The van der Waals surface area contributed by atoms with Gasteiger partial charge in [-0.1, -0.05) is 18.2 Å². The van der Waals surface area contributed by atoms with E-state index in [9.17, 15) is 9.59 Å². The van der Waals surface area contributed by atoms with Gasteiger partial charge < -0.3 is 4.90 Å². The van der Waals surface area contributed by atoms with Crippen molar-refractivity contribution >= 4 is 16.7 Å². The summed E-state index contributed by atoms with van der Waals surface area (Å²) >= 11 is 0. The van der Waals surface area contributed by atoms with Crippen molar-refractivity contribution in [3.63, 3.8) is 0 Å². The first-order chi connectivity index (χ1) is 12.9. The van der Waals surface area contributed by atoms with Crippen LogP contribution in [0, 0.1) is 13.8 Å².